The highest BCUT2D eigenvalue weighted by Crippen LogP contribution is 2.27. The van der Waals surface area contributed by atoms with Crippen molar-refractivity contribution in [3.8, 4) is 22.9 Å². The highest BCUT2D eigenvalue weighted by Gasteiger charge is 2.37. The standard InChI is InChI=1S/C44H50Si2/c1-5-9-23-35-45(41-27-15-11-16-28-41,42-29-17-12-18-30-42)37-39(25-7-3)40(26-8-4)38-46(36-24-10-6-2,43-31-19-13-20-32-43)44-33-21-14-22-34-44/h11-22,27-34,37-38H,5-10,25-26H2,1-4H3/b39-37+,40-38+. The van der Waals surface area contributed by atoms with Crippen LogP contribution in [-0.4, -0.2) is 16.1 Å². The quantitative estimate of drug-likeness (QED) is 0.0784. The van der Waals surface area contributed by atoms with E-state index in [9.17, 15) is 0 Å². The molecule has 0 aliphatic heterocycles. The summed E-state index contributed by atoms with van der Waals surface area (Å²) in [4.78, 5) is 0. The zero-order chi connectivity index (χ0) is 32.5. The van der Waals surface area contributed by atoms with Gasteiger partial charge in [0.05, 0.1) is 0 Å². The molecular formula is C44H50Si2. The normalized spacial score (nSPS) is 12.1. The van der Waals surface area contributed by atoms with Crippen molar-refractivity contribution >= 4 is 36.9 Å². The van der Waals surface area contributed by atoms with Gasteiger partial charge in [0, 0.05) is 12.8 Å². The molecule has 46 heavy (non-hydrogen) atoms. The van der Waals surface area contributed by atoms with Crippen molar-refractivity contribution in [2.75, 3.05) is 0 Å². The van der Waals surface area contributed by atoms with Gasteiger partial charge in [0.15, 0.2) is 0 Å². The van der Waals surface area contributed by atoms with Gasteiger partial charge in [-0.1, -0.05) is 184 Å². The SMILES string of the molecule is CCCC#C[Si](/C=C(CCC)/C(=C/[Si](C#CCCC)(c1ccccc1)c1ccccc1)CCC)(c1ccccc1)c1ccccc1. The van der Waals surface area contributed by atoms with E-state index in [2.05, 4.69) is 183 Å². The van der Waals surface area contributed by atoms with Crippen LogP contribution >= 0.6 is 0 Å². The summed E-state index contributed by atoms with van der Waals surface area (Å²) in [6.07, 6.45) is 8.14. The van der Waals surface area contributed by atoms with Gasteiger partial charge in [-0.05, 0) is 46.4 Å². The summed E-state index contributed by atoms with van der Waals surface area (Å²) in [5.41, 5.74) is 16.2. The summed E-state index contributed by atoms with van der Waals surface area (Å²) in [6.45, 7) is 9.07. The highest BCUT2D eigenvalue weighted by molar-refractivity contribution is 7.12. The van der Waals surface area contributed by atoms with Crippen molar-refractivity contribution in [2.24, 2.45) is 0 Å². The van der Waals surface area contributed by atoms with E-state index in [0.717, 1.165) is 51.4 Å². The Morgan fingerprint density at radius 2 is 0.717 bits per heavy atom. The first kappa shape index (κ1) is 34.8. The van der Waals surface area contributed by atoms with Crippen LogP contribution < -0.4 is 20.7 Å². The summed E-state index contributed by atoms with van der Waals surface area (Å²) in [7, 11) is -5.25. The second kappa shape index (κ2) is 18.2. The molecule has 4 aromatic rings. The monoisotopic (exact) mass is 634 g/mol. The third kappa shape index (κ3) is 8.58. The Bertz CT molecular complexity index is 1450. The van der Waals surface area contributed by atoms with Crippen molar-refractivity contribution in [3.63, 3.8) is 0 Å². The van der Waals surface area contributed by atoms with Gasteiger partial charge in [0.1, 0.15) is 0 Å². The zero-order valence-electron chi connectivity index (χ0n) is 28.4. The fourth-order valence-electron chi connectivity index (χ4n) is 6.20. The molecule has 0 saturated heterocycles. The van der Waals surface area contributed by atoms with Gasteiger partial charge in [-0.15, -0.1) is 22.9 Å². The highest BCUT2D eigenvalue weighted by atomic mass is 28.3. The molecule has 0 unspecified atom stereocenters. The van der Waals surface area contributed by atoms with Crippen LogP contribution in [0.3, 0.4) is 0 Å². The van der Waals surface area contributed by atoms with Crippen LogP contribution in [0.2, 0.25) is 0 Å². The maximum absolute atomic E-state index is 3.99. The molecule has 0 aliphatic rings. The van der Waals surface area contributed by atoms with Crippen LogP contribution in [0.15, 0.2) is 144 Å². The van der Waals surface area contributed by atoms with Gasteiger partial charge in [0.2, 0.25) is 16.1 Å². The molecule has 0 N–H and O–H groups in total. The lowest BCUT2D eigenvalue weighted by Gasteiger charge is -2.29. The van der Waals surface area contributed by atoms with Crippen molar-refractivity contribution in [2.45, 2.75) is 79.1 Å². The molecule has 234 valence electrons. The molecule has 4 rings (SSSR count). The van der Waals surface area contributed by atoms with Gasteiger partial charge < -0.3 is 0 Å². The van der Waals surface area contributed by atoms with Crippen LogP contribution in [0.25, 0.3) is 0 Å². The third-order valence-electron chi connectivity index (χ3n) is 8.47. The Kier molecular flexibility index (Phi) is 13.7. The summed E-state index contributed by atoms with van der Waals surface area (Å²) in [5.74, 6) is 7.32. The maximum atomic E-state index is 3.99. The van der Waals surface area contributed by atoms with Crippen molar-refractivity contribution < 1.29 is 0 Å². The lowest BCUT2D eigenvalue weighted by Crippen LogP contribution is -2.57. The average molecular weight is 635 g/mol. The largest absolute Gasteiger partial charge is 0.222 e. The first-order chi connectivity index (χ1) is 22.6. The molecule has 0 aromatic heterocycles. The molecule has 2 heteroatoms. The van der Waals surface area contributed by atoms with E-state index in [-0.39, 0.29) is 0 Å². The van der Waals surface area contributed by atoms with Gasteiger partial charge in [-0.3, -0.25) is 0 Å². The van der Waals surface area contributed by atoms with Crippen molar-refractivity contribution in [3.05, 3.63) is 144 Å². The molecule has 0 spiro atoms. The van der Waals surface area contributed by atoms with Crippen LogP contribution in [0, 0.1) is 22.9 Å². The first-order valence-corrected chi connectivity index (χ1v) is 21.4. The Balaban J connectivity index is 2.11. The minimum atomic E-state index is -2.63. The molecule has 0 heterocycles. The number of rotatable bonds is 13. The van der Waals surface area contributed by atoms with Crippen molar-refractivity contribution in [1.29, 1.82) is 0 Å². The lowest BCUT2D eigenvalue weighted by molar-refractivity contribution is 0.855. The Morgan fingerprint density at radius 3 is 0.957 bits per heavy atom. The molecule has 4 aromatic carbocycles. The van der Waals surface area contributed by atoms with Gasteiger partial charge in [-0.2, -0.15) is 0 Å². The number of hydrogen-bond donors (Lipinski definition) is 0. The van der Waals surface area contributed by atoms with Crippen LogP contribution in [0.1, 0.15) is 79.1 Å². The third-order valence-corrected chi connectivity index (χ3v) is 16.2. The van der Waals surface area contributed by atoms with E-state index in [1.54, 1.807) is 0 Å². The Morgan fingerprint density at radius 1 is 0.435 bits per heavy atom. The number of benzene rings is 4. The molecule has 0 radical (unpaired) electrons. The molecule has 0 nitrogen and oxygen atoms in total. The number of allylic oxidation sites excluding steroid dienone is 2. The van der Waals surface area contributed by atoms with Gasteiger partial charge in [0.25, 0.3) is 0 Å². The smallest absolute Gasteiger partial charge is 0.115 e. The molecule has 0 fully saturated rings. The summed E-state index contributed by atoms with van der Waals surface area (Å²) >= 11 is 0. The number of unbranched alkanes of at least 4 members (excludes halogenated alkanes) is 2. The summed E-state index contributed by atoms with van der Waals surface area (Å²) < 4.78 is 0. The fourth-order valence-corrected chi connectivity index (χ4v) is 13.6. The van der Waals surface area contributed by atoms with E-state index < -0.39 is 16.1 Å². The molecule has 0 aliphatic carbocycles. The summed E-state index contributed by atoms with van der Waals surface area (Å²) in [6, 6.07) is 44.5. The van der Waals surface area contributed by atoms with Crippen molar-refractivity contribution in [1.82, 2.24) is 0 Å². The van der Waals surface area contributed by atoms with Crippen LogP contribution in [0.4, 0.5) is 0 Å². The number of hydrogen-bond acceptors (Lipinski definition) is 0. The first-order valence-electron chi connectivity index (χ1n) is 17.3. The molecule has 0 amide bonds. The molecule has 0 atom stereocenters. The topological polar surface area (TPSA) is 0 Å². The van der Waals surface area contributed by atoms with E-state index >= 15 is 0 Å². The molecular weight excluding hydrogens is 585 g/mol. The minimum Gasteiger partial charge on any atom is -0.115 e. The predicted octanol–water partition coefficient (Wildman–Crippen LogP) is 8.73. The lowest BCUT2D eigenvalue weighted by atomic mass is 10.0. The van der Waals surface area contributed by atoms with Gasteiger partial charge in [-0.25, -0.2) is 0 Å². The summed E-state index contributed by atoms with van der Waals surface area (Å²) in [5, 5.41) is 5.41. The van der Waals surface area contributed by atoms with E-state index in [4.69, 9.17) is 0 Å². The second-order valence-corrected chi connectivity index (χ2v) is 18.6. The fraction of sp³-hybridized carbons (Fsp3) is 0.273. The maximum Gasteiger partial charge on any atom is 0.222 e. The zero-order valence-corrected chi connectivity index (χ0v) is 30.4. The van der Waals surface area contributed by atoms with Crippen LogP contribution in [-0.2, 0) is 0 Å². The van der Waals surface area contributed by atoms with Crippen LogP contribution in [0.5, 0.6) is 0 Å². The Hall–Kier alpha value is -4.09. The van der Waals surface area contributed by atoms with E-state index in [0.29, 0.717) is 0 Å². The second-order valence-electron chi connectivity index (χ2n) is 12.0. The molecule has 0 saturated carbocycles. The van der Waals surface area contributed by atoms with E-state index in [1.165, 1.54) is 31.9 Å². The predicted molar refractivity (Wildman–Crippen MR) is 207 cm³/mol. The van der Waals surface area contributed by atoms with Gasteiger partial charge >= 0.3 is 0 Å². The van der Waals surface area contributed by atoms with E-state index in [1.807, 2.05) is 0 Å². The average Bonchev–Trinajstić information content (AvgIpc) is 3.12. The molecule has 0 bridgehead atoms. The Labute approximate surface area is 281 Å². The minimum absolute atomic E-state index is 0.911.